The highest BCUT2D eigenvalue weighted by molar-refractivity contribution is 6.09. The van der Waals surface area contributed by atoms with Crippen LogP contribution in [0.3, 0.4) is 0 Å². The summed E-state index contributed by atoms with van der Waals surface area (Å²) in [4.78, 5) is 44.4. The van der Waals surface area contributed by atoms with Crippen LogP contribution in [0, 0.1) is 6.92 Å². The lowest BCUT2D eigenvalue weighted by Crippen LogP contribution is -1.95. The van der Waals surface area contributed by atoms with Crippen LogP contribution in [0.15, 0.2) is 263 Å². The number of rotatable bonds is 4. The standard InChI is InChI=1S/C22H15N3.2C16H11N3.C4H5N3.C4H4N2.4C2H6/c1-2-6-16(7-3-1)17-10-12-18(13-11-17)25-21-9-5-4-8-19(21)20-14-23-15-24-22(20)25;1-2-6-12(7-3-1)19-15-9-5-4-8-13(15)14-10-17-11-18-16(14)19;1-2-6-12(7-3-1)19-14-9-5-4-8-13(14)16-15(19)10-17-11-18-16;1-4-6-2-5-3-7-4;1-2-5-4-6-3-1;4*1-2/h1-15H;2*1-11H;2-3H,1H3;1-4H;4*1-2H3. The van der Waals surface area contributed by atoms with Gasteiger partial charge < -0.3 is 4.57 Å². The highest BCUT2D eigenvalue weighted by atomic mass is 15.1. The fourth-order valence-electron chi connectivity index (χ4n) is 9.03. The molecule has 0 unspecified atom stereocenters. The molecule has 15 aromatic rings. The third-order valence-electron chi connectivity index (χ3n) is 12.4. The third-order valence-corrected chi connectivity index (χ3v) is 12.4. The van der Waals surface area contributed by atoms with Gasteiger partial charge in [0.25, 0.3) is 0 Å². The van der Waals surface area contributed by atoms with E-state index in [1.54, 1.807) is 37.4 Å². The molecule has 8 heterocycles. The fourth-order valence-corrected chi connectivity index (χ4v) is 9.03. The Morgan fingerprint density at radius 3 is 1.10 bits per heavy atom. The van der Waals surface area contributed by atoms with Gasteiger partial charge in [-0.2, -0.15) is 0 Å². The van der Waals surface area contributed by atoms with Gasteiger partial charge in [0.1, 0.15) is 55.1 Å². The maximum absolute atomic E-state index is 4.53. The van der Waals surface area contributed by atoms with Crippen LogP contribution in [-0.4, -0.2) is 68.5 Å². The van der Waals surface area contributed by atoms with E-state index in [9.17, 15) is 0 Å². The minimum Gasteiger partial charge on any atom is -0.306 e. The maximum atomic E-state index is 4.53. The Morgan fingerprint density at radius 1 is 0.262 bits per heavy atom. The molecule has 0 saturated carbocycles. The van der Waals surface area contributed by atoms with E-state index in [4.69, 9.17) is 0 Å². The molecule has 0 bridgehead atoms. The molecule has 0 N–H and O–H groups in total. The van der Waals surface area contributed by atoms with Gasteiger partial charge in [0.15, 0.2) is 0 Å². The molecular weight excluding hydrogens is 1040 g/mol. The molecule has 0 spiro atoms. The highest BCUT2D eigenvalue weighted by Gasteiger charge is 2.15. The second-order valence-electron chi connectivity index (χ2n) is 17.0. The van der Waals surface area contributed by atoms with Crippen LogP contribution in [0.5, 0.6) is 0 Å². The van der Waals surface area contributed by atoms with E-state index in [1.165, 1.54) is 40.9 Å². The van der Waals surface area contributed by atoms with Crippen LogP contribution in [0.1, 0.15) is 61.2 Å². The number of benzene rings is 7. The molecule has 0 aliphatic heterocycles. The number of fused-ring (bicyclic) bond motifs is 9. The Hall–Kier alpha value is -10.7. The molecule has 0 aliphatic carbocycles. The number of nitrogens with zero attached hydrogens (tertiary/aromatic N) is 14. The monoisotopic (exact) mass is 1110 g/mol. The summed E-state index contributed by atoms with van der Waals surface area (Å²) in [6, 6.07) is 66.4. The van der Waals surface area contributed by atoms with Crippen LogP contribution >= 0.6 is 0 Å². The molecule has 14 nitrogen and oxygen atoms in total. The van der Waals surface area contributed by atoms with E-state index in [1.807, 2.05) is 148 Å². The van der Waals surface area contributed by atoms with Gasteiger partial charge in [-0.3, -0.25) is 9.13 Å². The van der Waals surface area contributed by atoms with Crippen molar-refractivity contribution in [3.8, 4) is 28.2 Å². The zero-order chi connectivity index (χ0) is 59.3. The molecule has 0 atom stereocenters. The summed E-state index contributed by atoms with van der Waals surface area (Å²) in [7, 11) is 0. The van der Waals surface area contributed by atoms with Gasteiger partial charge in [0.2, 0.25) is 0 Å². The Kier molecular flexibility index (Phi) is 23.6. The summed E-state index contributed by atoms with van der Waals surface area (Å²) < 4.78 is 6.57. The number of aromatic nitrogens is 14. The second kappa shape index (κ2) is 32.5. The smallest absolute Gasteiger partial charge is 0.148 e. The van der Waals surface area contributed by atoms with Crippen LogP contribution < -0.4 is 0 Å². The Balaban J connectivity index is 0.000000156. The molecule has 0 amide bonds. The molecule has 7 aromatic carbocycles. The van der Waals surface area contributed by atoms with Gasteiger partial charge in [0.05, 0.1) is 33.8 Å². The molecule has 14 heteroatoms. The molecule has 15 rings (SSSR count). The van der Waals surface area contributed by atoms with Gasteiger partial charge in [0, 0.05) is 68.8 Å². The average Bonchev–Trinajstić information content (AvgIpc) is 2.50. The predicted octanol–water partition coefficient (Wildman–Crippen LogP) is 17.1. The van der Waals surface area contributed by atoms with Crippen molar-refractivity contribution in [3.05, 3.63) is 269 Å². The Morgan fingerprint density at radius 2 is 0.643 bits per heavy atom. The van der Waals surface area contributed by atoms with Gasteiger partial charge in [-0.25, -0.2) is 54.8 Å². The zero-order valence-corrected chi connectivity index (χ0v) is 49.1. The summed E-state index contributed by atoms with van der Waals surface area (Å²) in [5, 5.41) is 5.67. The first kappa shape index (κ1) is 60.9. The fraction of sp³-hybridized carbons (Fsp3) is 0.129. The summed E-state index contributed by atoms with van der Waals surface area (Å²) >= 11 is 0. The summed E-state index contributed by atoms with van der Waals surface area (Å²) in [5.41, 5.74) is 13.1. The third kappa shape index (κ3) is 14.6. The first-order valence-electron chi connectivity index (χ1n) is 28.3. The molecular formula is C70H70N14. The molecule has 0 radical (unpaired) electrons. The van der Waals surface area contributed by atoms with E-state index in [0.29, 0.717) is 0 Å². The van der Waals surface area contributed by atoms with Gasteiger partial charge in [-0.15, -0.1) is 0 Å². The summed E-state index contributed by atoms with van der Waals surface area (Å²) in [6.45, 7) is 17.8. The van der Waals surface area contributed by atoms with Crippen molar-refractivity contribution in [1.29, 1.82) is 0 Å². The van der Waals surface area contributed by atoms with Crippen LogP contribution in [-0.2, 0) is 0 Å². The average molecular weight is 1110 g/mol. The normalized spacial score (nSPS) is 9.96. The zero-order valence-electron chi connectivity index (χ0n) is 49.1. The van der Waals surface area contributed by atoms with Crippen molar-refractivity contribution in [1.82, 2.24) is 68.5 Å². The van der Waals surface area contributed by atoms with E-state index >= 15 is 0 Å². The SMILES string of the molecule is CC.CC.CC.CC.Cc1ncncn1.c1ccc(-c2ccc(-n3c4ccccc4c4cncnc43)cc2)cc1.c1ccc(-n2c3ccccc3c3cncnc32)cc1.c1ccc(-n2c3ccccc3c3ncncc32)cc1.c1cncnc1. The number of hydrogen-bond donors (Lipinski definition) is 0. The molecule has 420 valence electrons. The number of aryl methyl sites for hydroxylation is 1. The molecule has 0 aliphatic rings. The summed E-state index contributed by atoms with van der Waals surface area (Å²) in [5.74, 6) is 0.759. The minimum absolute atomic E-state index is 0.759. The van der Waals surface area contributed by atoms with E-state index < -0.39 is 0 Å². The van der Waals surface area contributed by atoms with Crippen LogP contribution in [0.2, 0.25) is 0 Å². The Labute approximate surface area is 491 Å². The molecule has 0 saturated heterocycles. The molecule has 84 heavy (non-hydrogen) atoms. The largest absolute Gasteiger partial charge is 0.306 e. The van der Waals surface area contributed by atoms with Crippen LogP contribution in [0.25, 0.3) is 94.0 Å². The van der Waals surface area contributed by atoms with Crippen molar-refractivity contribution in [3.63, 3.8) is 0 Å². The quantitative estimate of drug-likeness (QED) is 0.165. The van der Waals surface area contributed by atoms with E-state index in [-0.39, 0.29) is 0 Å². The number of para-hydroxylation sites is 5. The van der Waals surface area contributed by atoms with Gasteiger partial charge in [-0.1, -0.05) is 189 Å². The van der Waals surface area contributed by atoms with E-state index in [2.05, 4.69) is 190 Å². The second-order valence-corrected chi connectivity index (χ2v) is 17.0. The minimum atomic E-state index is 0.759. The van der Waals surface area contributed by atoms with E-state index in [0.717, 1.165) is 77.9 Å². The Bertz CT molecular complexity index is 3950. The number of hydrogen-bond acceptors (Lipinski definition) is 11. The lowest BCUT2D eigenvalue weighted by Gasteiger charge is -2.08. The first-order chi connectivity index (χ1) is 41.7. The van der Waals surface area contributed by atoms with Crippen molar-refractivity contribution >= 4 is 65.8 Å². The van der Waals surface area contributed by atoms with Gasteiger partial charge in [-0.05, 0) is 78.7 Å². The first-order valence-corrected chi connectivity index (χ1v) is 28.3. The molecule has 8 aromatic heterocycles. The topological polar surface area (TPSA) is 157 Å². The predicted molar refractivity (Wildman–Crippen MR) is 347 cm³/mol. The lowest BCUT2D eigenvalue weighted by molar-refractivity contribution is 0.974. The van der Waals surface area contributed by atoms with Crippen LogP contribution in [0.4, 0.5) is 0 Å². The maximum Gasteiger partial charge on any atom is 0.148 e. The summed E-state index contributed by atoms with van der Waals surface area (Å²) in [6.07, 6.45) is 18.3. The van der Waals surface area contributed by atoms with Crippen molar-refractivity contribution < 1.29 is 0 Å². The van der Waals surface area contributed by atoms with Crippen molar-refractivity contribution in [2.45, 2.75) is 62.3 Å². The highest BCUT2D eigenvalue weighted by Crippen LogP contribution is 2.33. The lowest BCUT2D eigenvalue weighted by atomic mass is 10.1. The van der Waals surface area contributed by atoms with Crippen molar-refractivity contribution in [2.75, 3.05) is 0 Å². The van der Waals surface area contributed by atoms with Crippen molar-refractivity contribution in [2.24, 2.45) is 0 Å². The molecule has 0 fully saturated rings. The van der Waals surface area contributed by atoms with Gasteiger partial charge >= 0.3 is 0 Å².